The lowest BCUT2D eigenvalue weighted by Gasteiger charge is -2.29. The van der Waals surface area contributed by atoms with E-state index in [-0.39, 0.29) is 6.04 Å². The van der Waals surface area contributed by atoms with E-state index in [9.17, 15) is 5.11 Å². The number of hydrogen-bond acceptors (Lipinski definition) is 3. The van der Waals surface area contributed by atoms with E-state index in [1.54, 1.807) is 7.11 Å². The Morgan fingerprint density at radius 3 is 2.35 bits per heavy atom. The molecular weight excluding hydrogens is 250 g/mol. The quantitative estimate of drug-likeness (QED) is 0.897. The highest BCUT2D eigenvalue weighted by Gasteiger charge is 2.31. The minimum Gasteiger partial charge on any atom is -0.497 e. The molecular formula is C17H27NO2. The van der Waals surface area contributed by atoms with Crippen LogP contribution in [0.25, 0.3) is 0 Å². The van der Waals surface area contributed by atoms with Crippen LogP contribution in [0.4, 0.5) is 0 Å². The fraction of sp³-hybridized carbons (Fsp3) is 0.647. The van der Waals surface area contributed by atoms with Crippen molar-refractivity contribution in [2.24, 2.45) is 11.8 Å². The molecule has 1 heterocycles. The lowest BCUT2D eigenvalue weighted by atomic mass is 9.95. The number of methoxy groups -OCH3 is 1. The zero-order valence-electron chi connectivity index (χ0n) is 13.0. The standard InChI is InChI=1S/C17H27NO2/c1-12(2)15-9-10-18(11-15)13(3)17(19)14-5-7-16(20-4)8-6-14/h5-8,12-13,15,17,19H,9-11H2,1-4H3. The summed E-state index contributed by atoms with van der Waals surface area (Å²) in [5, 5.41) is 10.6. The van der Waals surface area contributed by atoms with Crippen LogP contribution >= 0.6 is 0 Å². The SMILES string of the molecule is COc1ccc(C(O)C(C)N2CCC(C(C)C)C2)cc1. The van der Waals surface area contributed by atoms with Gasteiger partial charge in [-0.2, -0.15) is 0 Å². The second-order valence-corrected chi connectivity index (χ2v) is 6.25. The van der Waals surface area contributed by atoms with Gasteiger partial charge in [0.25, 0.3) is 0 Å². The summed E-state index contributed by atoms with van der Waals surface area (Å²) in [5.41, 5.74) is 0.964. The van der Waals surface area contributed by atoms with Gasteiger partial charge >= 0.3 is 0 Å². The highest BCUT2D eigenvalue weighted by atomic mass is 16.5. The Morgan fingerprint density at radius 1 is 1.20 bits per heavy atom. The van der Waals surface area contributed by atoms with E-state index in [4.69, 9.17) is 4.74 Å². The third-order valence-electron chi connectivity index (χ3n) is 4.69. The van der Waals surface area contributed by atoms with Gasteiger partial charge in [-0.15, -0.1) is 0 Å². The van der Waals surface area contributed by atoms with E-state index in [1.807, 2.05) is 24.3 Å². The summed E-state index contributed by atoms with van der Waals surface area (Å²) in [6.45, 7) is 8.90. The number of aliphatic hydroxyl groups excluding tert-OH is 1. The van der Waals surface area contributed by atoms with Gasteiger partial charge in [-0.05, 0) is 49.4 Å². The number of nitrogens with zero attached hydrogens (tertiary/aromatic N) is 1. The van der Waals surface area contributed by atoms with E-state index in [0.29, 0.717) is 0 Å². The van der Waals surface area contributed by atoms with Crippen LogP contribution in [0.1, 0.15) is 38.9 Å². The summed E-state index contributed by atoms with van der Waals surface area (Å²) in [7, 11) is 1.66. The van der Waals surface area contributed by atoms with Gasteiger partial charge in [-0.1, -0.05) is 26.0 Å². The Hall–Kier alpha value is -1.06. The largest absolute Gasteiger partial charge is 0.497 e. The molecule has 1 saturated heterocycles. The van der Waals surface area contributed by atoms with Crippen LogP contribution in [-0.2, 0) is 0 Å². The average molecular weight is 277 g/mol. The summed E-state index contributed by atoms with van der Waals surface area (Å²) in [6, 6.07) is 7.89. The molecule has 20 heavy (non-hydrogen) atoms. The van der Waals surface area contributed by atoms with Gasteiger partial charge in [0.1, 0.15) is 5.75 Å². The molecule has 0 aliphatic carbocycles. The van der Waals surface area contributed by atoms with Gasteiger partial charge < -0.3 is 9.84 Å². The molecule has 3 heteroatoms. The Labute approximate surface area is 122 Å². The van der Waals surface area contributed by atoms with Gasteiger partial charge in [0.15, 0.2) is 0 Å². The molecule has 0 spiro atoms. The molecule has 0 aromatic heterocycles. The maximum atomic E-state index is 10.6. The molecule has 3 nitrogen and oxygen atoms in total. The maximum absolute atomic E-state index is 10.6. The Bertz CT molecular complexity index is 416. The predicted octanol–water partition coefficient (Wildman–Crippen LogP) is 3.10. The molecule has 1 aliphatic rings. The smallest absolute Gasteiger partial charge is 0.118 e. The molecule has 112 valence electrons. The third kappa shape index (κ3) is 3.33. The molecule has 3 unspecified atom stereocenters. The van der Waals surface area contributed by atoms with Crippen molar-refractivity contribution in [2.75, 3.05) is 20.2 Å². The molecule has 1 fully saturated rings. The molecule has 1 aliphatic heterocycles. The van der Waals surface area contributed by atoms with Crippen molar-refractivity contribution in [3.63, 3.8) is 0 Å². The maximum Gasteiger partial charge on any atom is 0.118 e. The van der Waals surface area contributed by atoms with Gasteiger partial charge in [0.05, 0.1) is 13.2 Å². The van der Waals surface area contributed by atoms with Crippen LogP contribution in [-0.4, -0.2) is 36.2 Å². The predicted molar refractivity (Wildman–Crippen MR) is 81.9 cm³/mol. The topological polar surface area (TPSA) is 32.7 Å². The van der Waals surface area contributed by atoms with Crippen molar-refractivity contribution < 1.29 is 9.84 Å². The first-order valence-electron chi connectivity index (χ1n) is 7.59. The summed E-state index contributed by atoms with van der Waals surface area (Å²) >= 11 is 0. The van der Waals surface area contributed by atoms with E-state index < -0.39 is 6.10 Å². The van der Waals surface area contributed by atoms with E-state index in [2.05, 4.69) is 25.7 Å². The van der Waals surface area contributed by atoms with E-state index in [1.165, 1.54) is 6.42 Å². The second kappa shape index (κ2) is 6.59. The fourth-order valence-electron chi connectivity index (χ4n) is 3.01. The van der Waals surface area contributed by atoms with Crippen LogP contribution in [0.2, 0.25) is 0 Å². The number of aliphatic hydroxyl groups is 1. The molecule has 1 N–H and O–H groups in total. The van der Waals surface area contributed by atoms with Gasteiger partial charge in [0.2, 0.25) is 0 Å². The number of ether oxygens (including phenoxy) is 1. The zero-order chi connectivity index (χ0) is 14.7. The highest BCUT2D eigenvalue weighted by molar-refractivity contribution is 5.29. The average Bonchev–Trinajstić information content (AvgIpc) is 2.96. The number of hydrogen-bond donors (Lipinski definition) is 1. The summed E-state index contributed by atoms with van der Waals surface area (Å²) in [5.74, 6) is 2.32. The molecule has 0 amide bonds. The lowest BCUT2D eigenvalue weighted by Crippen LogP contribution is -2.36. The summed E-state index contributed by atoms with van der Waals surface area (Å²) < 4.78 is 5.16. The van der Waals surface area contributed by atoms with Gasteiger partial charge in [0, 0.05) is 12.6 Å². The van der Waals surface area contributed by atoms with Crippen LogP contribution in [0.5, 0.6) is 5.75 Å². The minimum absolute atomic E-state index is 0.159. The van der Waals surface area contributed by atoms with Crippen molar-refractivity contribution in [2.45, 2.75) is 39.3 Å². The summed E-state index contributed by atoms with van der Waals surface area (Å²) in [4.78, 5) is 2.42. The molecule has 0 saturated carbocycles. The van der Waals surface area contributed by atoms with Gasteiger partial charge in [-0.25, -0.2) is 0 Å². The number of benzene rings is 1. The molecule has 3 atom stereocenters. The first-order chi connectivity index (χ1) is 9.52. The lowest BCUT2D eigenvalue weighted by molar-refractivity contribution is 0.0682. The molecule has 0 bridgehead atoms. The zero-order valence-corrected chi connectivity index (χ0v) is 13.0. The van der Waals surface area contributed by atoms with Crippen LogP contribution < -0.4 is 4.74 Å². The molecule has 2 rings (SSSR count). The molecule has 1 aromatic carbocycles. The monoisotopic (exact) mass is 277 g/mol. The van der Waals surface area contributed by atoms with Crippen molar-refractivity contribution in [1.29, 1.82) is 0 Å². The number of rotatable bonds is 5. The van der Waals surface area contributed by atoms with Crippen molar-refractivity contribution in [3.8, 4) is 5.75 Å². The van der Waals surface area contributed by atoms with Crippen LogP contribution in [0.15, 0.2) is 24.3 Å². The van der Waals surface area contributed by atoms with Crippen LogP contribution in [0.3, 0.4) is 0 Å². The van der Waals surface area contributed by atoms with Crippen LogP contribution in [0, 0.1) is 11.8 Å². The molecule has 1 aromatic rings. The Kier molecular flexibility index (Phi) is 5.06. The normalized spacial score (nSPS) is 23.0. The first-order valence-corrected chi connectivity index (χ1v) is 7.59. The minimum atomic E-state index is -0.438. The van der Waals surface area contributed by atoms with E-state index in [0.717, 1.165) is 36.2 Å². The first kappa shape index (κ1) is 15.3. The third-order valence-corrected chi connectivity index (χ3v) is 4.69. The van der Waals surface area contributed by atoms with Crippen molar-refractivity contribution in [1.82, 2.24) is 4.90 Å². The van der Waals surface area contributed by atoms with Crippen molar-refractivity contribution >= 4 is 0 Å². The van der Waals surface area contributed by atoms with Crippen molar-refractivity contribution in [3.05, 3.63) is 29.8 Å². The van der Waals surface area contributed by atoms with E-state index >= 15 is 0 Å². The Morgan fingerprint density at radius 2 is 1.85 bits per heavy atom. The Balaban J connectivity index is 1.99. The number of likely N-dealkylation sites (tertiary alicyclic amines) is 1. The second-order valence-electron chi connectivity index (χ2n) is 6.25. The fourth-order valence-corrected chi connectivity index (χ4v) is 3.01. The molecule has 0 radical (unpaired) electrons. The summed E-state index contributed by atoms with van der Waals surface area (Å²) in [6.07, 6.45) is 0.809. The van der Waals surface area contributed by atoms with Gasteiger partial charge in [-0.3, -0.25) is 4.90 Å². The highest BCUT2D eigenvalue weighted by Crippen LogP contribution is 2.30.